The molecule has 0 saturated carbocycles. The number of nitrogens with one attached hydrogen (secondary N) is 2. The van der Waals surface area contributed by atoms with Crippen molar-refractivity contribution < 1.29 is 21.6 Å². The van der Waals surface area contributed by atoms with Gasteiger partial charge in [0.1, 0.15) is 0 Å². The maximum absolute atomic E-state index is 12.4. The van der Waals surface area contributed by atoms with E-state index in [1.165, 1.54) is 16.4 Å². The summed E-state index contributed by atoms with van der Waals surface area (Å²) >= 11 is 0. The smallest absolute Gasteiger partial charge is 0.240 e. The number of sulfonamides is 2. The van der Waals surface area contributed by atoms with E-state index in [4.69, 9.17) is 0 Å². The van der Waals surface area contributed by atoms with Gasteiger partial charge in [-0.3, -0.25) is 4.79 Å². The summed E-state index contributed by atoms with van der Waals surface area (Å²) in [7, 11) is -7.28. The lowest BCUT2D eigenvalue weighted by Gasteiger charge is -2.25. The van der Waals surface area contributed by atoms with Crippen molar-refractivity contribution in [2.24, 2.45) is 0 Å². The van der Waals surface area contributed by atoms with Crippen LogP contribution in [0.25, 0.3) is 0 Å². The van der Waals surface area contributed by atoms with Crippen molar-refractivity contribution in [1.82, 2.24) is 9.03 Å². The van der Waals surface area contributed by atoms with E-state index in [1.54, 1.807) is 6.07 Å². The molecule has 2 N–H and O–H groups in total. The number of carbonyl (C=O) groups is 1. The third-order valence-electron chi connectivity index (χ3n) is 4.37. The zero-order valence-electron chi connectivity index (χ0n) is 13.7. The van der Waals surface area contributed by atoms with Crippen LogP contribution >= 0.6 is 0 Å². The lowest BCUT2D eigenvalue weighted by atomic mass is 10.2. The van der Waals surface area contributed by atoms with Gasteiger partial charge in [-0.05, 0) is 36.6 Å². The molecule has 10 heteroatoms. The number of benzene rings is 1. The molecule has 0 aromatic heterocycles. The third-order valence-corrected chi connectivity index (χ3v) is 7.70. The van der Waals surface area contributed by atoms with Crippen molar-refractivity contribution in [3.63, 3.8) is 0 Å². The summed E-state index contributed by atoms with van der Waals surface area (Å²) in [5.41, 5.74) is 1.23. The first-order chi connectivity index (χ1) is 11.8. The van der Waals surface area contributed by atoms with E-state index in [0.717, 1.165) is 19.3 Å². The summed E-state index contributed by atoms with van der Waals surface area (Å²) in [4.78, 5) is 11.4. The van der Waals surface area contributed by atoms with Gasteiger partial charge in [0.05, 0.1) is 17.1 Å². The fraction of sp³-hybridized carbons (Fsp3) is 0.533. The predicted octanol–water partition coefficient (Wildman–Crippen LogP) is 0.275. The number of hydrogen-bond acceptors (Lipinski definition) is 5. The van der Waals surface area contributed by atoms with E-state index >= 15 is 0 Å². The Morgan fingerprint density at radius 2 is 1.80 bits per heavy atom. The quantitative estimate of drug-likeness (QED) is 0.728. The molecule has 0 aliphatic carbocycles. The molecule has 1 saturated heterocycles. The van der Waals surface area contributed by atoms with Gasteiger partial charge in [0, 0.05) is 25.3 Å². The second-order valence-corrected chi connectivity index (χ2v) is 10.1. The Bertz CT molecular complexity index is 874. The number of piperidine rings is 1. The third kappa shape index (κ3) is 4.20. The predicted molar refractivity (Wildman–Crippen MR) is 93.2 cm³/mol. The van der Waals surface area contributed by atoms with E-state index in [1.807, 2.05) is 0 Å². The van der Waals surface area contributed by atoms with Gasteiger partial charge in [-0.2, -0.15) is 0 Å². The Balaban J connectivity index is 1.62. The average molecular weight is 387 g/mol. The van der Waals surface area contributed by atoms with E-state index in [0.29, 0.717) is 24.3 Å². The summed E-state index contributed by atoms with van der Waals surface area (Å²) in [6, 6.07) is 4.37. The zero-order chi connectivity index (χ0) is 18.1. The van der Waals surface area contributed by atoms with Crippen molar-refractivity contribution in [3.05, 3.63) is 23.8 Å². The van der Waals surface area contributed by atoms with E-state index in [2.05, 4.69) is 10.0 Å². The van der Waals surface area contributed by atoms with Crippen LogP contribution in [0.3, 0.4) is 0 Å². The largest absolute Gasteiger partial charge is 0.326 e. The van der Waals surface area contributed by atoms with Crippen LogP contribution in [0.4, 0.5) is 5.69 Å². The molecule has 2 aliphatic rings. The van der Waals surface area contributed by atoms with Crippen LogP contribution in [0.15, 0.2) is 23.1 Å². The van der Waals surface area contributed by atoms with Crippen molar-refractivity contribution in [1.29, 1.82) is 0 Å². The minimum atomic E-state index is -3.82. The molecular weight excluding hydrogens is 366 g/mol. The molecule has 1 aromatic carbocycles. The highest BCUT2D eigenvalue weighted by molar-refractivity contribution is 7.90. The number of fused-ring (bicyclic) bond motifs is 1. The molecule has 3 rings (SSSR count). The Morgan fingerprint density at radius 1 is 1.08 bits per heavy atom. The van der Waals surface area contributed by atoms with E-state index in [9.17, 15) is 21.6 Å². The minimum Gasteiger partial charge on any atom is -0.326 e. The minimum absolute atomic E-state index is 0.0260. The SMILES string of the molecule is O=C1Cc2cc(S(=O)(=O)NCCS(=O)(=O)N3CCCCC3)ccc2N1. The second kappa shape index (κ2) is 7.02. The summed E-state index contributed by atoms with van der Waals surface area (Å²) in [6.45, 7) is 0.817. The van der Waals surface area contributed by atoms with Crippen LogP contribution < -0.4 is 10.0 Å². The lowest BCUT2D eigenvalue weighted by Crippen LogP contribution is -2.40. The highest BCUT2D eigenvalue weighted by Gasteiger charge is 2.25. The van der Waals surface area contributed by atoms with Crippen LogP contribution in [0, 0.1) is 0 Å². The number of amides is 1. The molecule has 25 heavy (non-hydrogen) atoms. The molecule has 2 heterocycles. The molecule has 1 amide bonds. The Morgan fingerprint density at radius 3 is 2.52 bits per heavy atom. The number of nitrogens with zero attached hydrogens (tertiary/aromatic N) is 1. The molecule has 0 bridgehead atoms. The number of carbonyl (C=O) groups excluding carboxylic acids is 1. The van der Waals surface area contributed by atoms with Crippen LogP contribution in [0.5, 0.6) is 0 Å². The zero-order valence-corrected chi connectivity index (χ0v) is 15.3. The Labute approximate surface area is 147 Å². The van der Waals surface area contributed by atoms with Gasteiger partial charge in [-0.25, -0.2) is 25.9 Å². The molecule has 1 aromatic rings. The summed E-state index contributed by atoms with van der Waals surface area (Å²) in [5, 5.41) is 2.64. The van der Waals surface area contributed by atoms with Crippen LogP contribution in [0.2, 0.25) is 0 Å². The number of hydrogen-bond donors (Lipinski definition) is 2. The van der Waals surface area contributed by atoms with Gasteiger partial charge in [0.15, 0.2) is 0 Å². The molecule has 8 nitrogen and oxygen atoms in total. The maximum atomic E-state index is 12.4. The highest BCUT2D eigenvalue weighted by atomic mass is 32.2. The molecule has 1 fully saturated rings. The van der Waals surface area contributed by atoms with Crippen molar-refractivity contribution in [2.75, 3.05) is 30.7 Å². The Kier molecular flexibility index (Phi) is 5.14. The van der Waals surface area contributed by atoms with Gasteiger partial charge < -0.3 is 5.32 Å². The van der Waals surface area contributed by atoms with Gasteiger partial charge in [0.25, 0.3) is 0 Å². The molecule has 0 unspecified atom stereocenters. The molecular formula is C15H21N3O5S2. The summed E-state index contributed by atoms with van der Waals surface area (Å²) < 4.78 is 52.9. The topological polar surface area (TPSA) is 113 Å². The second-order valence-electron chi connectivity index (χ2n) is 6.22. The summed E-state index contributed by atoms with van der Waals surface area (Å²) in [6.07, 6.45) is 2.84. The molecule has 2 aliphatic heterocycles. The molecule has 0 spiro atoms. The van der Waals surface area contributed by atoms with Crippen molar-refractivity contribution in [3.8, 4) is 0 Å². The fourth-order valence-electron chi connectivity index (χ4n) is 3.03. The number of anilines is 1. The molecule has 138 valence electrons. The van der Waals surface area contributed by atoms with Gasteiger partial charge in [-0.15, -0.1) is 0 Å². The van der Waals surface area contributed by atoms with Gasteiger partial charge in [-0.1, -0.05) is 6.42 Å². The van der Waals surface area contributed by atoms with Crippen LogP contribution in [0.1, 0.15) is 24.8 Å². The first kappa shape index (κ1) is 18.3. The van der Waals surface area contributed by atoms with Gasteiger partial charge >= 0.3 is 0 Å². The monoisotopic (exact) mass is 387 g/mol. The van der Waals surface area contributed by atoms with E-state index in [-0.39, 0.29) is 29.5 Å². The van der Waals surface area contributed by atoms with Crippen LogP contribution in [-0.4, -0.2) is 52.4 Å². The normalized spacial score (nSPS) is 18.8. The first-order valence-electron chi connectivity index (χ1n) is 8.18. The number of rotatable bonds is 6. The van der Waals surface area contributed by atoms with Gasteiger partial charge in [0.2, 0.25) is 26.0 Å². The van der Waals surface area contributed by atoms with Crippen LogP contribution in [-0.2, 0) is 31.3 Å². The summed E-state index contributed by atoms with van der Waals surface area (Å²) in [5.74, 6) is -0.442. The van der Waals surface area contributed by atoms with Crippen molar-refractivity contribution in [2.45, 2.75) is 30.6 Å². The lowest BCUT2D eigenvalue weighted by molar-refractivity contribution is -0.115. The fourth-order valence-corrected chi connectivity index (χ4v) is 5.68. The highest BCUT2D eigenvalue weighted by Crippen LogP contribution is 2.25. The first-order valence-corrected chi connectivity index (χ1v) is 11.3. The molecule has 0 radical (unpaired) electrons. The average Bonchev–Trinajstić information content (AvgIpc) is 2.94. The van der Waals surface area contributed by atoms with E-state index < -0.39 is 20.0 Å². The molecule has 0 atom stereocenters. The standard InChI is InChI=1S/C15H21N3O5S2/c19-15-11-12-10-13(4-5-14(12)17-15)25(22,23)16-6-9-24(20,21)18-7-2-1-3-8-18/h4-5,10,16H,1-3,6-9,11H2,(H,17,19). The maximum Gasteiger partial charge on any atom is 0.240 e. The van der Waals surface area contributed by atoms with Crippen molar-refractivity contribution >= 4 is 31.6 Å². The Hall–Kier alpha value is -1.49.